The fourth-order valence-corrected chi connectivity index (χ4v) is 3.34. The van der Waals surface area contributed by atoms with Crippen molar-refractivity contribution in [2.45, 2.75) is 33.2 Å². The maximum absolute atomic E-state index is 13.3. The van der Waals surface area contributed by atoms with E-state index in [1.807, 2.05) is 6.07 Å². The number of rotatable bonds is 8. The van der Waals surface area contributed by atoms with Crippen molar-refractivity contribution in [2.24, 2.45) is 5.41 Å². The summed E-state index contributed by atoms with van der Waals surface area (Å²) < 4.78 is 18.9. The lowest BCUT2D eigenvalue weighted by atomic mass is 9.95. The van der Waals surface area contributed by atoms with Crippen LogP contribution in [-0.2, 0) is 11.3 Å². The van der Waals surface area contributed by atoms with Gasteiger partial charge in [0.05, 0.1) is 16.5 Å². The molecule has 0 unspecified atom stereocenters. The smallest absolute Gasteiger partial charge is 0.226 e. The zero-order valence-electron chi connectivity index (χ0n) is 17.0. The Bertz CT molecular complexity index is 1190. The topological polar surface area (TPSA) is 105 Å². The molecule has 8 heteroatoms. The molecule has 4 rings (SSSR count). The zero-order chi connectivity index (χ0) is 22.6. The van der Waals surface area contributed by atoms with E-state index in [9.17, 15) is 14.0 Å². The number of amides is 1. The SMILES string of the molecule is C.N#Cc1cc(F)ccc1Oc1ccc(CNC(=O)C2(CC(=O)c3cncnc3)CC2)cc1. The minimum atomic E-state index is -0.660. The van der Waals surface area contributed by atoms with Crippen molar-refractivity contribution >= 4 is 11.7 Å². The van der Waals surface area contributed by atoms with E-state index in [-0.39, 0.29) is 36.9 Å². The first-order chi connectivity index (χ1) is 15.5. The van der Waals surface area contributed by atoms with Crippen LogP contribution in [0.3, 0.4) is 0 Å². The second kappa shape index (κ2) is 10.0. The fraction of sp³-hybridized carbons (Fsp3) is 0.240. The van der Waals surface area contributed by atoms with Gasteiger partial charge in [0.15, 0.2) is 5.78 Å². The molecular weight excluding hydrogens is 423 g/mol. The third-order valence-electron chi connectivity index (χ3n) is 5.38. The van der Waals surface area contributed by atoms with Gasteiger partial charge in [-0.3, -0.25) is 9.59 Å². The number of benzene rings is 2. The number of ether oxygens (including phenoxy) is 1. The molecule has 2 aromatic carbocycles. The number of carbonyl (C=O) groups excluding carboxylic acids is 2. The molecule has 3 aromatic rings. The highest BCUT2D eigenvalue weighted by Gasteiger charge is 2.50. The Morgan fingerprint density at radius 3 is 2.45 bits per heavy atom. The summed E-state index contributed by atoms with van der Waals surface area (Å²) in [6.45, 7) is 0.309. The Kier molecular flexibility index (Phi) is 7.13. The molecule has 7 nitrogen and oxygen atoms in total. The molecule has 0 spiro atoms. The number of nitriles is 1. The molecule has 0 aliphatic heterocycles. The van der Waals surface area contributed by atoms with Crippen LogP contribution in [0.15, 0.2) is 61.2 Å². The highest BCUT2D eigenvalue weighted by Crippen LogP contribution is 2.49. The monoisotopic (exact) mass is 446 g/mol. The number of nitrogens with zero attached hydrogens (tertiary/aromatic N) is 3. The van der Waals surface area contributed by atoms with Gasteiger partial charge in [0.2, 0.25) is 5.91 Å². The lowest BCUT2D eigenvalue weighted by molar-refractivity contribution is -0.126. The van der Waals surface area contributed by atoms with E-state index >= 15 is 0 Å². The van der Waals surface area contributed by atoms with Gasteiger partial charge < -0.3 is 10.1 Å². The molecule has 0 atom stereocenters. The number of hydrogen-bond donors (Lipinski definition) is 1. The molecule has 33 heavy (non-hydrogen) atoms. The molecular formula is C25H23FN4O3. The number of ketones is 1. The summed E-state index contributed by atoms with van der Waals surface area (Å²) in [6, 6.07) is 12.6. The van der Waals surface area contributed by atoms with Crippen LogP contribution in [0.2, 0.25) is 0 Å². The predicted molar refractivity (Wildman–Crippen MR) is 119 cm³/mol. The highest BCUT2D eigenvalue weighted by molar-refractivity contribution is 6.00. The molecule has 1 fully saturated rings. The minimum absolute atomic E-state index is 0. The van der Waals surface area contributed by atoms with E-state index in [2.05, 4.69) is 15.3 Å². The van der Waals surface area contributed by atoms with E-state index in [0.29, 0.717) is 30.7 Å². The van der Waals surface area contributed by atoms with E-state index < -0.39 is 11.2 Å². The summed E-state index contributed by atoms with van der Waals surface area (Å²) in [5.74, 6) is -0.0471. The molecule has 168 valence electrons. The molecule has 1 aliphatic rings. The first-order valence-corrected chi connectivity index (χ1v) is 10.0. The van der Waals surface area contributed by atoms with Gasteiger partial charge in [-0.05, 0) is 48.7 Å². The van der Waals surface area contributed by atoms with Crippen molar-refractivity contribution in [3.8, 4) is 17.6 Å². The molecule has 1 saturated carbocycles. The maximum Gasteiger partial charge on any atom is 0.226 e. The van der Waals surface area contributed by atoms with E-state index in [0.717, 1.165) is 11.6 Å². The lowest BCUT2D eigenvalue weighted by Gasteiger charge is -2.15. The summed E-state index contributed by atoms with van der Waals surface area (Å²) in [7, 11) is 0. The van der Waals surface area contributed by atoms with Crippen LogP contribution in [0.5, 0.6) is 11.5 Å². The van der Waals surface area contributed by atoms with Crippen molar-refractivity contribution in [3.05, 3.63) is 83.7 Å². The largest absolute Gasteiger partial charge is 0.456 e. The molecule has 1 heterocycles. The van der Waals surface area contributed by atoms with Crippen LogP contribution in [0, 0.1) is 22.6 Å². The standard InChI is InChI=1S/C24H19FN4O3.CH4/c25-19-3-6-22(17(9-19)11-26)32-20-4-1-16(2-5-20)12-29-23(31)24(7-8-24)10-21(30)18-13-27-15-28-14-18;/h1-6,9,13-15H,7-8,10,12H2,(H,29,31);1H4. The number of Topliss-reactive ketones (excluding diaryl/α,β-unsaturated/α-hetero) is 1. The van der Waals surface area contributed by atoms with Gasteiger partial charge in [0, 0.05) is 25.4 Å². The Morgan fingerprint density at radius 1 is 1.12 bits per heavy atom. The third kappa shape index (κ3) is 5.57. The summed E-state index contributed by atoms with van der Waals surface area (Å²) in [4.78, 5) is 32.8. The summed E-state index contributed by atoms with van der Waals surface area (Å²) in [5, 5.41) is 12.0. The normalized spacial score (nSPS) is 13.2. The van der Waals surface area contributed by atoms with Gasteiger partial charge in [0.1, 0.15) is 29.7 Å². The van der Waals surface area contributed by atoms with Crippen LogP contribution in [0.4, 0.5) is 4.39 Å². The van der Waals surface area contributed by atoms with Crippen LogP contribution < -0.4 is 10.1 Å². The Hall–Kier alpha value is -4.12. The van der Waals surface area contributed by atoms with Crippen molar-refractivity contribution in [2.75, 3.05) is 0 Å². The Morgan fingerprint density at radius 2 is 1.82 bits per heavy atom. The summed E-state index contributed by atoms with van der Waals surface area (Å²) in [5.41, 5.74) is 0.700. The van der Waals surface area contributed by atoms with Gasteiger partial charge in [0.25, 0.3) is 0 Å². The van der Waals surface area contributed by atoms with E-state index in [1.54, 1.807) is 24.3 Å². The number of hydrogen-bond acceptors (Lipinski definition) is 6. The average molecular weight is 446 g/mol. The number of halogens is 1. The van der Waals surface area contributed by atoms with E-state index in [1.165, 1.54) is 30.9 Å². The number of nitrogens with one attached hydrogen (secondary N) is 1. The number of carbonyl (C=O) groups is 2. The zero-order valence-corrected chi connectivity index (χ0v) is 17.0. The third-order valence-corrected chi connectivity index (χ3v) is 5.38. The molecule has 0 radical (unpaired) electrons. The molecule has 0 saturated heterocycles. The minimum Gasteiger partial charge on any atom is -0.456 e. The van der Waals surface area contributed by atoms with Crippen LogP contribution >= 0.6 is 0 Å². The van der Waals surface area contributed by atoms with Crippen molar-refractivity contribution in [1.82, 2.24) is 15.3 Å². The second-order valence-corrected chi connectivity index (χ2v) is 7.69. The van der Waals surface area contributed by atoms with Gasteiger partial charge in [-0.2, -0.15) is 5.26 Å². The number of aromatic nitrogens is 2. The quantitative estimate of drug-likeness (QED) is 0.508. The van der Waals surface area contributed by atoms with Gasteiger partial charge >= 0.3 is 0 Å². The summed E-state index contributed by atoms with van der Waals surface area (Å²) >= 11 is 0. The van der Waals surface area contributed by atoms with Gasteiger partial charge in [-0.1, -0.05) is 19.6 Å². The highest BCUT2D eigenvalue weighted by atomic mass is 19.1. The van der Waals surface area contributed by atoms with Gasteiger partial charge in [-0.25, -0.2) is 14.4 Å². The van der Waals surface area contributed by atoms with Crippen LogP contribution in [-0.4, -0.2) is 21.7 Å². The molecule has 1 aromatic heterocycles. The Labute approximate surface area is 191 Å². The lowest BCUT2D eigenvalue weighted by Crippen LogP contribution is -2.33. The first kappa shape index (κ1) is 23.5. The second-order valence-electron chi connectivity index (χ2n) is 7.69. The predicted octanol–water partition coefficient (Wildman–Crippen LogP) is 4.59. The average Bonchev–Trinajstić information content (AvgIpc) is 3.60. The molecule has 1 N–H and O–H groups in total. The van der Waals surface area contributed by atoms with E-state index in [4.69, 9.17) is 10.00 Å². The van der Waals surface area contributed by atoms with Crippen molar-refractivity contribution in [1.29, 1.82) is 5.26 Å². The maximum atomic E-state index is 13.3. The first-order valence-electron chi connectivity index (χ1n) is 10.0. The molecule has 1 aliphatic carbocycles. The fourth-order valence-electron chi connectivity index (χ4n) is 3.34. The summed E-state index contributed by atoms with van der Waals surface area (Å²) in [6.07, 6.45) is 5.75. The van der Waals surface area contributed by atoms with Crippen LogP contribution in [0.1, 0.15) is 48.2 Å². The van der Waals surface area contributed by atoms with Crippen molar-refractivity contribution < 1.29 is 18.7 Å². The molecule has 0 bridgehead atoms. The van der Waals surface area contributed by atoms with Gasteiger partial charge in [-0.15, -0.1) is 0 Å². The Balaban J connectivity index is 0.00000306. The molecule has 1 amide bonds. The van der Waals surface area contributed by atoms with Crippen molar-refractivity contribution in [3.63, 3.8) is 0 Å². The van der Waals surface area contributed by atoms with Crippen LogP contribution in [0.25, 0.3) is 0 Å².